The first-order valence-corrected chi connectivity index (χ1v) is 8.93. The first kappa shape index (κ1) is 18.8. The summed E-state index contributed by atoms with van der Waals surface area (Å²) >= 11 is 0. The van der Waals surface area contributed by atoms with Crippen LogP contribution in [0.5, 0.6) is 0 Å². The molecule has 26 heavy (non-hydrogen) atoms. The number of aliphatic carboxylic acids is 2. The normalized spacial score (nSPS) is 23.4. The van der Waals surface area contributed by atoms with Gasteiger partial charge < -0.3 is 10.2 Å². The van der Waals surface area contributed by atoms with Crippen LogP contribution in [0, 0.1) is 24.1 Å². The summed E-state index contributed by atoms with van der Waals surface area (Å²) in [6, 6.07) is 5.15. The van der Waals surface area contributed by atoms with Crippen molar-refractivity contribution < 1.29 is 24.2 Å². The fourth-order valence-electron chi connectivity index (χ4n) is 4.38. The summed E-state index contributed by atoms with van der Waals surface area (Å²) in [5.74, 6) is -2.36. The van der Waals surface area contributed by atoms with Crippen LogP contribution in [-0.2, 0) is 16.1 Å². The van der Waals surface area contributed by atoms with Crippen LogP contribution in [-0.4, -0.2) is 64.7 Å². The highest BCUT2D eigenvalue weighted by Gasteiger charge is 2.51. The Hall–Kier alpha value is -1.99. The number of aryl methyl sites for hydroxylation is 1. The monoisotopic (exact) mass is 364 g/mol. The molecule has 0 aliphatic carbocycles. The second-order valence-corrected chi connectivity index (χ2v) is 7.68. The highest BCUT2D eigenvalue weighted by Crippen LogP contribution is 2.45. The number of likely N-dealkylation sites (tertiary alicyclic amines) is 2. The number of halogens is 1. The lowest BCUT2D eigenvalue weighted by Gasteiger charge is -2.41. The van der Waals surface area contributed by atoms with Gasteiger partial charge in [-0.15, -0.1) is 0 Å². The first-order valence-electron chi connectivity index (χ1n) is 8.93. The topological polar surface area (TPSA) is 81.1 Å². The summed E-state index contributed by atoms with van der Waals surface area (Å²) < 4.78 is 13.8. The number of benzene rings is 1. The number of rotatable bonds is 5. The zero-order chi connectivity index (χ0) is 18.9. The van der Waals surface area contributed by atoms with Gasteiger partial charge >= 0.3 is 11.9 Å². The summed E-state index contributed by atoms with van der Waals surface area (Å²) in [6.45, 7) is 4.55. The van der Waals surface area contributed by atoms with Crippen LogP contribution in [0.4, 0.5) is 4.39 Å². The number of carboxylic acids is 2. The Labute approximate surface area is 152 Å². The molecule has 0 aromatic heterocycles. The van der Waals surface area contributed by atoms with Gasteiger partial charge in [-0.2, -0.15) is 0 Å². The molecule has 2 heterocycles. The molecular weight excluding hydrogens is 339 g/mol. The van der Waals surface area contributed by atoms with Crippen LogP contribution in [0.1, 0.15) is 24.0 Å². The van der Waals surface area contributed by atoms with Gasteiger partial charge in [-0.25, -0.2) is 4.39 Å². The third kappa shape index (κ3) is 3.88. The molecule has 2 saturated heterocycles. The van der Waals surface area contributed by atoms with Crippen LogP contribution >= 0.6 is 0 Å². The molecule has 7 heteroatoms. The Bertz CT molecular complexity index is 701. The van der Waals surface area contributed by atoms with E-state index in [1.165, 1.54) is 6.07 Å². The lowest BCUT2D eigenvalue weighted by molar-refractivity contribution is -0.147. The first-order chi connectivity index (χ1) is 12.3. The highest BCUT2D eigenvalue weighted by molar-refractivity contribution is 5.72. The maximum Gasteiger partial charge on any atom is 0.317 e. The molecule has 0 amide bonds. The number of nitrogens with zero attached hydrogens (tertiary/aromatic N) is 2. The molecule has 6 nitrogen and oxygen atoms in total. The Balaban J connectivity index is 1.69. The summed E-state index contributed by atoms with van der Waals surface area (Å²) in [6.07, 6.45) is 1.35. The Kier molecular flexibility index (Phi) is 5.29. The largest absolute Gasteiger partial charge is 0.481 e. The quantitative estimate of drug-likeness (QED) is 0.830. The predicted octanol–water partition coefficient (Wildman–Crippen LogP) is 1.82. The summed E-state index contributed by atoms with van der Waals surface area (Å²) in [4.78, 5) is 26.7. The van der Waals surface area contributed by atoms with E-state index in [1.807, 2.05) is 11.0 Å². The van der Waals surface area contributed by atoms with Crippen LogP contribution < -0.4 is 0 Å². The Morgan fingerprint density at radius 3 is 2.50 bits per heavy atom. The van der Waals surface area contributed by atoms with Crippen LogP contribution in [0.15, 0.2) is 18.2 Å². The summed E-state index contributed by atoms with van der Waals surface area (Å²) in [7, 11) is 0. The molecule has 2 fully saturated rings. The Morgan fingerprint density at radius 1 is 1.23 bits per heavy atom. The molecule has 0 radical (unpaired) electrons. The SMILES string of the molecule is Cc1ccc(CN2CC(C(=O)O)C3(CCN(CC(=O)O)CC3)C2)cc1F. The van der Waals surface area contributed by atoms with Gasteiger partial charge in [-0.05, 0) is 50.0 Å². The molecule has 3 rings (SSSR count). The van der Waals surface area contributed by atoms with Gasteiger partial charge in [0.15, 0.2) is 0 Å². The van der Waals surface area contributed by atoms with E-state index in [2.05, 4.69) is 4.90 Å². The number of piperidine rings is 1. The molecule has 2 aliphatic rings. The maximum atomic E-state index is 13.8. The van der Waals surface area contributed by atoms with Crippen LogP contribution in [0.2, 0.25) is 0 Å². The molecule has 2 N–H and O–H groups in total. The van der Waals surface area contributed by atoms with Crippen molar-refractivity contribution in [2.45, 2.75) is 26.3 Å². The maximum absolute atomic E-state index is 13.8. The highest BCUT2D eigenvalue weighted by atomic mass is 19.1. The van der Waals surface area contributed by atoms with Gasteiger partial charge in [0.25, 0.3) is 0 Å². The van der Waals surface area contributed by atoms with Gasteiger partial charge in [0.2, 0.25) is 0 Å². The molecule has 2 aliphatic heterocycles. The van der Waals surface area contributed by atoms with E-state index in [0.29, 0.717) is 51.1 Å². The number of carbonyl (C=O) groups is 2. The molecule has 1 atom stereocenters. The van der Waals surface area contributed by atoms with Crippen molar-refractivity contribution in [1.82, 2.24) is 9.80 Å². The minimum atomic E-state index is -0.856. The molecule has 1 spiro atoms. The van der Waals surface area contributed by atoms with Crippen molar-refractivity contribution >= 4 is 11.9 Å². The third-order valence-electron chi connectivity index (χ3n) is 5.87. The average molecular weight is 364 g/mol. The number of carboxylic acid groups (broad SMARTS) is 2. The van der Waals surface area contributed by atoms with E-state index in [4.69, 9.17) is 5.11 Å². The van der Waals surface area contributed by atoms with Crippen LogP contribution in [0.25, 0.3) is 0 Å². The van der Waals surface area contributed by atoms with Gasteiger partial charge in [-0.1, -0.05) is 12.1 Å². The van der Waals surface area contributed by atoms with E-state index in [9.17, 15) is 19.1 Å². The second kappa shape index (κ2) is 7.32. The molecule has 1 unspecified atom stereocenters. The molecule has 142 valence electrons. The zero-order valence-electron chi connectivity index (χ0n) is 14.9. The van der Waals surface area contributed by atoms with Crippen molar-refractivity contribution in [2.75, 3.05) is 32.7 Å². The van der Waals surface area contributed by atoms with E-state index in [1.54, 1.807) is 13.0 Å². The van der Waals surface area contributed by atoms with Gasteiger partial charge in [0.1, 0.15) is 5.82 Å². The average Bonchev–Trinajstić information content (AvgIpc) is 2.91. The third-order valence-corrected chi connectivity index (χ3v) is 5.87. The van der Waals surface area contributed by atoms with E-state index < -0.39 is 17.9 Å². The molecule has 1 aromatic carbocycles. The second-order valence-electron chi connectivity index (χ2n) is 7.68. The van der Waals surface area contributed by atoms with Crippen molar-refractivity contribution in [2.24, 2.45) is 11.3 Å². The number of hydrogen-bond acceptors (Lipinski definition) is 4. The number of hydrogen-bond donors (Lipinski definition) is 2. The van der Waals surface area contributed by atoms with Gasteiger partial charge in [0, 0.05) is 25.0 Å². The van der Waals surface area contributed by atoms with Crippen molar-refractivity contribution in [1.29, 1.82) is 0 Å². The van der Waals surface area contributed by atoms with Gasteiger partial charge in [-0.3, -0.25) is 19.4 Å². The smallest absolute Gasteiger partial charge is 0.317 e. The lowest BCUT2D eigenvalue weighted by atomic mass is 9.71. The predicted molar refractivity (Wildman–Crippen MR) is 93.3 cm³/mol. The Morgan fingerprint density at radius 2 is 1.92 bits per heavy atom. The van der Waals surface area contributed by atoms with Crippen molar-refractivity contribution in [3.8, 4) is 0 Å². The fraction of sp³-hybridized carbons (Fsp3) is 0.579. The van der Waals surface area contributed by atoms with E-state index in [0.717, 1.165) is 5.56 Å². The van der Waals surface area contributed by atoms with Gasteiger partial charge in [0.05, 0.1) is 12.5 Å². The molecule has 0 saturated carbocycles. The lowest BCUT2D eigenvalue weighted by Crippen LogP contribution is -2.47. The fourth-order valence-corrected chi connectivity index (χ4v) is 4.38. The van der Waals surface area contributed by atoms with E-state index >= 15 is 0 Å². The standard InChI is InChI=1S/C19H25FN2O4/c1-13-2-3-14(8-16(13)20)9-22-10-15(18(25)26)19(12-22)4-6-21(7-5-19)11-17(23)24/h2-3,8,15H,4-7,9-12H2,1H3,(H,23,24)(H,25,26). The minimum absolute atomic E-state index is 0.000174. The summed E-state index contributed by atoms with van der Waals surface area (Å²) in [5, 5.41) is 18.6. The minimum Gasteiger partial charge on any atom is -0.481 e. The van der Waals surface area contributed by atoms with Crippen molar-refractivity contribution in [3.05, 3.63) is 35.1 Å². The molecular formula is C19H25FN2O4. The molecule has 0 bridgehead atoms. The molecule has 1 aromatic rings. The van der Waals surface area contributed by atoms with Crippen LogP contribution in [0.3, 0.4) is 0 Å². The summed E-state index contributed by atoms with van der Waals surface area (Å²) in [5.41, 5.74) is 1.11. The van der Waals surface area contributed by atoms with Crippen molar-refractivity contribution in [3.63, 3.8) is 0 Å². The zero-order valence-corrected chi connectivity index (χ0v) is 14.9. The van der Waals surface area contributed by atoms with E-state index in [-0.39, 0.29) is 17.8 Å².